The fourth-order valence-electron chi connectivity index (χ4n) is 2.38. The second-order valence-electron chi connectivity index (χ2n) is 4.40. The normalized spacial score (nSPS) is 19.6. The highest BCUT2D eigenvalue weighted by Gasteiger charge is 2.24. The summed E-state index contributed by atoms with van der Waals surface area (Å²) < 4.78 is 0. The Bertz CT molecular complexity index is 372. The van der Waals surface area contributed by atoms with Crippen LogP contribution in [-0.4, -0.2) is 4.92 Å². The quantitative estimate of drug-likeness (QED) is 0.651. The highest BCUT2D eigenvalue weighted by Crippen LogP contribution is 2.35. The van der Waals surface area contributed by atoms with Crippen LogP contribution in [0.3, 0.4) is 0 Å². The molecule has 4 nitrogen and oxygen atoms in total. The summed E-state index contributed by atoms with van der Waals surface area (Å²) in [6.07, 6.45) is 6.10. The fraction of sp³-hybridized carbons (Fsp3) is 0.636. The molecule has 0 spiro atoms. The van der Waals surface area contributed by atoms with Crippen molar-refractivity contribution in [2.24, 2.45) is 11.7 Å². The SMILES string of the molecule is N[C@@H](c1csc([N+](=O)[O-])c1)C1CCCCC1. The van der Waals surface area contributed by atoms with Gasteiger partial charge in [0.1, 0.15) is 0 Å². The van der Waals surface area contributed by atoms with Crippen LogP contribution in [0.2, 0.25) is 0 Å². The molecule has 2 N–H and O–H groups in total. The van der Waals surface area contributed by atoms with Gasteiger partial charge in [-0.05, 0) is 24.3 Å². The molecular weight excluding hydrogens is 224 g/mol. The third-order valence-electron chi connectivity index (χ3n) is 3.33. The van der Waals surface area contributed by atoms with Crippen molar-refractivity contribution in [2.45, 2.75) is 38.1 Å². The molecule has 1 aromatic rings. The maximum absolute atomic E-state index is 10.6. The number of hydrogen-bond acceptors (Lipinski definition) is 4. The Labute approximate surface area is 98.6 Å². The van der Waals surface area contributed by atoms with Crippen molar-refractivity contribution in [1.29, 1.82) is 0 Å². The van der Waals surface area contributed by atoms with Gasteiger partial charge < -0.3 is 5.73 Å². The Balaban J connectivity index is 2.07. The van der Waals surface area contributed by atoms with Gasteiger partial charge in [0, 0.05) is 17.5 Å². The first kappa shape index (κ1) is 11.5. The van der Waals surface area contributed by atoms with Gasteiger partial charge in [0.15, 0.2) is 0 Å². The van der Waals surface area contributed by atoms with Gasteiger partial charge in [0.25, 0.3) is 0 Å². The van der Waals surface area contributed by atoms with E-state index in [1.54, 1.807) is 6.07 Å². The number of nitro groups is 1. The summed E-state index contributed by atoms with van der Waals surface area (Å²) in [5.41, 5.74) is 7.10. The molecule has 1 aromatic heterocycles. The lowest BCUT2D eigenvalue weighted by atomic mass is 9.82. The predicted molar refractivity (Wildman–Crippen MR) is 64.5 cm³/mol. The van der Waals surface area contributed by atoms with Gasteiger partial charge in [0.2, 0.25) is 0 Å². The Morgan fingerprint density at radius 1 is 1.44 bits per heavy atom. The van der Waals surface area contributed by atoms with E-state index in [4.69, 9.17) is 5.73 Å². The third-order valence-corrected chi connectivity index (χ3v) is 4.23. The molecule has 1 saturated carbocycles. The third kappa shape index (κ3) is 2.41. The van der Waals surface area contributed by atoms with E-state index in [9.17, 15) is 10.1 Å². The molecule has 0 radical (unpaired) electrons. The van der Waals surface area contributed by atoms with Gasteiger partial charge in [-0.3, -0.25) is 10.1 Å². The first-order chi connectivity index (χ1) is 7.68. The highest BCUT2D eigenvalue weighted by atomic mass is 32.1. The summed E-state index contributed by atoms with van der Waals surface area (Å²) in [4.78, 5) is 10.2. The van der Waals surface area contributed by atoms with Crippen LogP contribution < -0.4 is 5.73 Å². The van der Waals surface area contributed by atoms with Gasteiger partial charge >= 0.3 is 5.00 Å². The van der Waals surface area contributed by atoms with Crippen molar-refractivity contribution in [3.63, 3.8) is 0 Å². The monoisotopic (exact) mass is 240 g/mol. The molecule has 0 amide bonds. The van der Waals surface area contributed by atoms with E-state index in [-0.39, 0.29) is 16.0 Å². The molecule has 16 heavy (non-hydrogen) atoms. The molecule has 1 aliphatic carbocycles. The van der Waals surface area contributed by atoms with E-state index in [2.05, 4.69) is 0 Å². The molecule has 88 valence electrons. The van der Waals surface area contributed by atoms with Gasteiger partial charge in [-0.15, -0.1) is 0 Å². The number of thiophene rings is 1. The molecule has 1 heterocycles. The summed E-state index contributed by atoms with van der Waals surface area (Å²) >= 11 is 1.17. The molecule has 0 bridgehead atoms. The van der Waals surface area contributed by atoms with Crippen molar-refractivity contribution in [3.8, 4) is 0 Å². The zero-order valence-corrected chi connectivity index (χ0v) is 9.91. The number of nitrogens with zero attached hydrogens (tertiary/aromatic N) is 1. The van der Waals surface area contributed by atoms with Crippen LogP contribution in [0, 0.1) is 16.0 Å². The van der Waals surface area contributed by atoms with Crippen LogP contribution in [0.5, 0.6) is 0 Å². The molecule has 1 fully saturated rings. The summed E-state index contributed by atoms with van der Waals surface area (Å²) in [6, 6.07) is 1.61. The van der Waals surface area contributed by atoms with Gasteiger partial charge in [-0.25, -0.2) is 0 Å². The van der Waals surface area contributed by atoms with Crippen LogP contribution >= 0.6 is 11.3 Å². The standard InChI is InChI=1S/C11H16N2O2S/c12-11(8-4-2-1-3-5-8)9-6-10(13(14)15)16-7-9/h6-8,11H,1-5,12H2/t11-/m1/s1. The second-order valence-corrected chi connectivity index (χ2v) is 5.29. The molecule has 0 unspecified atom stereocenters. The van der Waals surface area contributed by atoms with Crippen molar-refractivity contribution >= 4 is 16.3 Å². The minimum atomic E-state index is -0.345. The zero-order valence-electron chi connectivity index (χ0n) is 9.09. The van der Waals surface area contributed by atoms with Gasteiger partial charge in [0.05, 0.1) is 4.92 Å². The van der Waals surface area contributed by atoms with Crippen LogP contribution in [0.15, 0.2) is 11.4 Å². The Morgan fingerprint density at radius 3 is 2.69 bits per heavy atom. The van der Waals surface area contributed by atoms with E-state index in [1.807, 2.05) is 5.38 Å². The molecule has 1 atom stereocenters. The average Bonchev–Trinajstić information content (AvgIpc) is 2.78. The molecular formula is C11H16N2O2S. The molecule has 1 aliphatic rings. The molecule has 0 aliphatic heterocycles. The van der Waals surface area contributed by atoms with Gasteiger partial charge in [-0.2, -0.15) is 0 Å². The fourth-order valence-corrected chi connectivity index (χ4v) is 3.15. The van der Waals surface area contributed by atoms with Crippen LogP contribution in [0.1, 0.15) is 43.7 Å². The average molecular weight is 240 g/mol. The van der Waals surface area contributed by atoms with Crippen LogP contribution in [0.4, 0.5) is 5.00 Å². The lowest BCUT2D eigenvalue weighted by molar-refractivity contribution is -0.380. The molecule has 5 heteroatoms. The molecule has 0 aromatic carbocycles. The topological polar surface area (TPSA) is 69.2 Å². The predicted octanol–water partition coefficient (Wildman–Crippen LogP) is 3.24. The number of rotatable bonds is 3. The summed E-state index contributed by atoms with van der Waals surface area (Å²) in [6.45, 7) is 0. The Morgan fingerprint density at radius 2 is 2.12 bits per heavy atom. The summed E-state index contributed by atoms with van der Waals surface area (Å²) in [5, 5.41) is 12.6. The second kappa shape index (κ2) is 4.93. The van der Waals surface area contributed by atoms with Crippen LogP contribution in [-0.2, 0) is 0 Å². The largest absolute Gasteiger partial charge is 0.324 e. The lowest BCUT2D eigenvalue weighted by Crippen LogP contribution is -2.22. The van der Waals surface area contributed by atoms with Gasteiger partial charge in [-0.1, -0.05) is 30.6 Å². The summed E-state index contributed by atoms with van der Waals surface area (Å²) in [7, 11) is 0. The minimum Gasteiger partial charge on any atom is -0.324 e. The number of hydrogen-bond donors (Lipinski definition) is 1. The highest BCUT2D eigenvalue weighted by molar-refractivity contribution is 7.13. The molecule has 0 saturated heterocycles. The van der Waals surface area contributed by atoms with E-state index in [0.717, 1.165) is 18.4 Å². The first-order valence-electron chi connectivity index (χ1n) is 5.67. The summed E-state index contributed by atoms with van der Waals surface area (Å²) in [5.74, 6) is 0.503. The minimum absolute atomic E-state index is 0.0229. The maximum Gasteiger partial charge on any atom is 0.324 e. The van der Waals surface area contributed by atoms with Crippen molar-refractivity contribution in [1.82, 2.24) is 0 Å². The molecule has 2 rings (SSSR count). The zero-order chi connectivity index (χ0) is 11.5. The maximum atomic E-state index is 10.6. The van der Waals surface area contributed by atoms with Crippen molar-refractivity contribution in [3.05, 3.63) is 27.1 Å². The smallest absolute Gasteiger partial charge is 0.324 e. The Kier molecular flexibility index (Phi) is 3.56. The van der Waals surface area contributed by atoms with Crippen molar-refractivity contribution < 1.29 is 4.92 Å². The Hall–Kier alpha value is -0.940. The lowest BCUT2D eigenvalue weighted by Gasteiger charge is -2.26. The van der Waals surface area contributed by atoms with E-state index in [1.165, 1.54) is 30.6 Å². The number of nitrogens with two attached hydrogens (primary N) is 1. The van der Waals surface area contributed by atoms with E-state index >= 15 is 0 Å². The van der Waals surface area contributed by atoms with Crippen molar-refractivity contribution in [2.75, 3.05) is 0 Å². The van der Waals surface area contributed by atoms with E-state index in [0.29, 0.717) is 5.92 Å². The first-order valence-corrected chi connectivity index (χ1v) is 6.55. The van der Waals surface area contributed by atoms with Crippen LogP contribution in [0.25, 0.3) is 0 Å². The van der Waals surface area contributed by atoms with E-state index < -0.39 is 0 Å².